The summed E-state index contributed by atoms with van der Waals surface area (Å²) < 4.78 is 16.3. The Hall–Kier alpha value is -3.26. The van der Waals surface area contributed by atoms with Crippen molar-refractivity contribution in [2.75, 3.05) is 45.1 Å². The Bertz CT molecular complexity index is 962. The second-order valence-corrected chi connectivity index (χ2v) is 7.55. The molecule has 0 bridgehead atoms. The third kappa shape index (κ3) is 4.74. The van der Waals surface area contributed by atoms with Gasteiger partial charge in [-0.1, -0.05) is 18.2 Å². The van der Waals surface area contributed by atoms with Crippen LogP contribution in [0.15, 0.2) is 36.4 Å². The van der Waals surface area contributed by atoms with Gasteiger partial charge in [0.1, 0.15) is 0 Å². The summed E-state index contributed by atoms with van der Waals surface area (Å²) in [5.74, 6) is 1.48. The number of amides is 2. The predicted octanol–water partition coefficient (Wildman–Crippen LogP) is 2.91. The molecule has 1 heterocycles. The van der Waals surface area contributed by atoms with Crippen LogP contribution in [0.5, 0.6) is 17.2 Å². The van der Waals surface area contributed by atoms with Gasteiger partial charge in [-0.3, -0.25) is 14.5 Å². The third-order valence-electron chi connectivity index (χ3n) is 5.26. The maximum atomic E-state index is 13.3. The molecule has 0 saturated heterocycles. The highest BCUT2D eigenvalue weighted by atomic mass is 16.5. The molecule has 0 saturated carbocycles. The first-order valence-electron chi connectivity index (χ1n) is 10.1. The highest BCUT2D eigenvalue weighted by molar-refractivity contribution is 6.04. The van der Waals surface area contributed by atoms with Gasteiger partial charge in [0.15, 0.2) is 11.5 Å². The molecule has 1 aliphatic rings. The fourth-order valence-corrected chi connectivity index (χ4v) is 3.91. The van der Waals surface area contributed by atoms with Gasteiger partial charge < -0.3 is 24.4 Å². The fourth-order valence-electron chi connectivity index (χ4n) is 3.91. The molecule has 1 aliphatic heterocycles. The van der Waals surface area contributed by atoms with E-state index < -0.39 is 0 Å². The van der Waals surface area contributed by atoms with Gasteiger partial charge in [0.25, 0.3) is 0 Å². The number of methoxy groups -OCH3 is 3. The fraction of sp³-hybridized carbons (Fsp3) is 0.391. The number of nitrogens with one attached hydrogen (secondary N) is 1. The Morgan fingerprint density at radius 2 is 1.81 bits per heavy atom. The molecular formula is C23H29N3O5. The molecule has 8 heteroatoms. The van der Waals surface area contributed by atoms with Crippen molar-refractivity contribution in [1.29, 1.82) is 0 Å². The molecule has 0 aliphatic carbocycles. The van der Waals surface area contributed by atoms with Gasteiger partial charge in [0.05, 0.1) is 39.2 Å². The number of likely N-dealkylation sites (N-methyl/N-ethyl adjacent to an activating group) is 1. The molecule has 8 nitrogen and oxygen atoms in total. The van der Waals surface area contributed by atoms with Gasteiger partial charge in [-0.25, -0.2) is 0 Å². The Kier molecular flexibility index (Phi) is 7.02. The predicted molar refractivity (Wildman–Crippen MR) is 119 cm³/mol. The molecule has 2 aromatic carbocycles. The van der Waals surface area contributed by atoms with Crippen LogP contribution in [-0.4, -0.2) is 57.7 Å². The topological polar surface area (TPSA) is 80.3 Å². The van der Waals surface area contributed by atoms with Crippen LogP contribution in [0, 0.1) is 0 Å². The van der Waals surface area contributed by atoms with Gasteiger partial charge in [0.2, 0.25) is 17.6 Å². The summed E-state index contributed by atoms with van der Waals surface area (Å²) in [5.41, 5.74) is 2.23. The first kappa shape index (κ1) is 22.4. The first-order valence-corrected chi connectivity index (χ1v) is 10.1. The summed E-state index contributed by atoms with van der Waals surface area (Å²) >= 11 is 0. The van der Waals surface area contributed by atoms with Crippen molar-refractivity contribution in [2.45, 2.75) is 25.9 Å². The summed E-state index contributed by atoms with van der Waals surface area (Å²) in [5, 5.41) is 2.88. The normalized spacial score (nSPS) is 15.7. The summed E-state index contributed by atoms with van der Waals surface area (Å²) in [6, 6.07) is 10.8. The largest absolute Gasteiger partial charge is 0.493 e. The van der Waals surface area contributed by atoms with E-state index in [0.29, 0.717) is 35.2 Å². The number of rotatable bonds is 7. The van der Waals surface area contributed by atoms with Crippen LogP contribution < -0.4 is 24.4 Å². The van der Waals surface area contributed by atoms with Crippen LogP contribution >= 0.6 is 0 Å². The lowest BCUT2D eigenvalue weighted by Gasteiger charge is -2.30. The van der Waals surface area contributed by atoms with Gasteiger partial charge in [-0.05, 0) is 32.2 Å². The summed E-state index contributed by atoms with van der Waals surface area (Å²) in [6.07, 6.45) is 0.244. The molecular weight excluding hydrogens is 398 g/mol. The summed E-state index contributed by atoms with van der Waals surface area (Å²) in [7, 11) is 6.57. The zero-order chi connectivity index (χ0) is 22.5. The molecule has 2 aromatic rings. The van der Waals surface area contributed by atoms with Crippen molar-refractivity contribution in [2.24, 2.45) is 0 Å². The molecule has 0 fully saturated rings. The van der Waals surface area contributed by atoms with Gasteiger partial charge in [-0.2, -0.15) is 0 Å². The second kappa shape index (κ2) is 9.70. The molecule has 1 atom stereocenters. The molecule has 166 valence electrons. The molecule has 0 spiro atoms. The van der Waals surface area contributed by atoms with E-state index in [4.69, 9.17) is 14.2 Å². The molecule has 3 rings (SSSR count). The van der Waals surface area contributed by atoms with E-state index in [9.17, 15) is 9.59 Å². The van der Waals surface area contributed by atoms with Crippen LogP contribution in [0.3, 0.4) is 0 Å². The maximum Gasteiger partial charge on any atom is 0.241 e. The number of nitrogens with zero attached hydrogens (tertiary/aromatic N) is 2. The van der Waals surface area contributed by atoms with Crippen molar-refractivity contribution in [1.82, 2.24) is 4.90 Å². The van der Waals surface area contributed by atoms with Crippen molar-refractivity contribution >= 4 is 23.2 Å². The SMILES string of the molecule is COc1ccc(CN(C)CC(=O)N2c3ccccc3NC(=O)C[C@H]2C)c(OC)c1OC. The number of fused-ring (bicyclic) bond motifs is 1. The van der Waals surface area contributed by atoms with E-state index in [0.717, 1.165) is 5.56 Å². The van der Waals surface area contributed by atoms with Crippen molar-refractivity contribution in [3.63, 3.8) is 0 Å². The Balaban J connectivity index is 1.80. The van der Waals surface area contributed by atoms with Crippen LogP contribution in [0.2, 0.25) is 0 Å². The van der Waals surface area contributed by atoms with E-state index >= 15 is 0 Å². The summed E-state index contributed by atoms with van der Waals surface area (Å²) in [6.45, 7) is 2.53. The van der Waals surface area contributed by atoms with Crippen molar-refractivity contribution in [3.05, 3.63) is 42.0 Å². The Morgan fingerprint density at radius 1 is 1.10 bits per heavy atom. The van der Waals surface area contributed by atoms with Crippen LogP contribution in [0.1, 0.15) is 18.9 Å². The number of anilines is 2. The van der Waals surface area contributed by atoms with E-state index in [1.54, 1.807) is 26.2 Å². The van der Waals surface area contributed by atoms with Crippen molar-refractivity contribution < 1.29 is 23.8 Å². The maximum absolute atomic E-state index is 13.3. The monoisotopic (exact) mass is 427 g/mol. The lowest BCUT2D eigenvalue weighted by atomic mass is 10.1. The van der Waals surface area contributed by atoms with Crippen LogP contribution in [0.4, 0.5) is 11.4 Å². The average molecular weight is 428 g/mol. The zero-order valence-corrected chi connectivity index (χ0v) is 18.6. The summed E-state index contributed by atoms with van der Waals surface area (Å²) in [4.78, 5) is 29.1. The number of para-hydroxylation sites is 2. The number of hydrogen-bond acceptors (Lipinski definition) is 6. The average Bonchev–Trinajstić information content (AvgIpc) is 2.87. The van der Waals surface area contributed by atoms with Crippen molar-refractivity contribution in [3.8, 4) is 17.2 Å². The van der Waals surface area contributed by atoms with Gasteiger partial charge in [0, 0.05) is 24.6 Å². The van der Waals surface area contributed by atoms with Crippen LogP contribution in [0.25, 0.3) is 0 Å². The molecule has 0 aromatic heterocycles. The molecule has 0 radical (unpaired) electrons. The van der Waals surface area contributed by atoms with E-state index in [-0.39, 0.29) is 30.8 Å². The number of benzene rings is 2. The minimum atomic E-state index is -0.250. The molecule has 0 unspecified atom stereocenters. The molecule has 31 heavy (non-hydrogen) atoms. The van der Waals surface area contributed by atoms with E-state index in [2.05, 4.69) is 5.32 Å². The Morgan fingerprint density at radius 3 is 2.48 bits per heavy atom. The van der Waals surface area contributed by atoms with E-state index in [1.807, 2.05) is 55.3 Å². The Labute approximate surface area is 182 Å². The number of carbonyl (C=O) groups excluding carboxylic acids is 2. The van der Waals surface area contributed by atoms with E-state index in [1.165, 1.54) is 0 Å². The van der Waals surface area contributed by atoms with Gasteiger partial charge >= 0.3 is 0 Å². The highest BCUT2D eigenvalue weighted by Crippen LogP contribution is 2.40. The second-order valence-electron chi connectivity index (χ2n) is 7.55. The lowest BCUT2D eigenvalue weighted by Crippen LogP contribution is -2.44. The van der Waals surface area contributed by atoms with Gasteiger partial charge in [-0.15, -0.1) is 0 Å². The number of carbonyl (C=O) groups is 2. The number of ether oxygens (including phenoxy) is 3. The standard InChI is InChI=1S/C23H29N3O5/c1-15-12-20(27)24-17-8-6-7-9-18(17)26(15)21(28)14-25(2)13-16-10-11-19(29-3)23(31-5)22(16)30-4/h6-11,15H,12-14H2,1-5H3,(H,24,27)/t15-/m1/s1. The smallest absolute Gasteiger partial charge is 0.241 e. The number of hydrogen-bond donors (Lipinski definition) is 1. The highest BCUT2D eigenvalue weighted by Gasteiger charge is 2.30. The molecule has 1 N–H and O–H groups in total. The first-order chi connectivity index (χ1) is 14.9. The minimum absolute atomic E-state index is 0.0848. The minimum Gasteiger partial charge on any atom is -0.493 e. The molecule has 2 amide bonds. The third-order valence-corrected chi connectivity index (χ3v) is 5.26. The quantitative estimate of drug-likeness (QED) is 0.732. The lowest BCUT2D eigenvalue weighted by molar-refractivity contribution is -0.120. The zero-order valence-electron chi connectivity index (χ0n) is 18.6. The van der Waals surface area contributed by atoms with Crippen LogP contribution in [-0.2, 0) is 16.1 Å².